The molecule has 0 saturated carbocycles. The monoisotopic (exact) mass is 378 g/mol. The average molecular weight is 378 g/mol. The molecule has 7 nitrogen and oxygen atoms in total. The molecular formula is C18H26N4O3S. The van der Waals surface area contributed by atoms with Crippen molar-refractivity contribution in [2.24, 2.45) is 0 Å². The van der Waals surface area contributed by atoms with Crippen LogP contribution in [0.1, 0.15) is 27.2 Å². The highest BCUT2D eigenvalue weighted by molar-refractivity contribution is 7.91. The summed E-state index contributed by atoms with van der Waals surface area (Å²) in [6, 6.07) is 7.67. The van der Waals surface area contributed by atoms with Gasteiger partial charge in [-0.15, -0.1) is 0 Å². The number of anilines is 1. The maximum Gasteiger partial charge on any atom is 0.240 e. The van der Waals surface area contributed by atoms with Crippen molar-refractivity contribution < 1.29 is 13.2 Å². The Morgan fingerprint density at radius 3 is 2.65 bits per heavy atom. The summed E-state index contributed by atoms with van der Waals surface area (Å²) in [6.07, 6.45) is 0.576. The number of carbonyl (C=O) groups excluding carboxylic acids is 1. The van der Waals surface area contributed by atoms with E-state index in [0.29, 0.717) is 12.4 Å². The Kier molecular flexibility index (Phi) is 4.83. The van der Waals surface area contributed by atoms with Crippen LogP contribution in [0, 0.1) is 0 Å². The lowest BCUT2D eigenvalue weighted by Gasteiger charge is -2.25. The van der Waals surface area contributed by atoms with E-state index in [2.05, 4.69) is 31.1 Å². The minimum Gasteiger partial charge on any atom is -0.305 e. The SMILES string of the molecule is CN(CC(=O)Nc1nc2ccccc2n1C(C)(C)C)[C@H]1CCS(=O)(=O)C1. The number of nitrogens with one attached hydrogen (secondary N) is 1. The fourth-order valence-corrected chi connectivity index (χ4v) is 5.24. The normalized spacial score (nSPS) is 20.0. The Bertz CT molecular complexity index is 928. The standard InChI is InChI=1S/C18H26N4O3S/c1-18(2,3)22-15-8-6-5-7-14(15)19-17(22)20-16(23)11-21(4)13-9-10-26(24,25)12-13/h5-8,13H,9-12H2,1-4H3,(H,19,20,23)/t13-/m0/s1. The number of fused-ring (bicyclic) bond motifs is 1. The molecule has 0 radical (unpaired) electrons. The van der Waals surface area contributed by atoms with Crippen molar-refractivity contribution in [3.63, 3.8) is 0 Å². The number of hydrogen-bond acceptors (Lipinski definition) is 5. The molecule has 2 heterocycles. The third-order valence-electron chi connectivity index (χ3n) is 4.71. The lowest BCUT2D eigenvalue weighted by atomic mass is 10.1. The highest BCUT2D eigenvalue weighted by Gasteiger charge is 2.31. The quantitative estimate of drug-likeness (QED) is 0.878. The first kappa shape index (κ1) is 18.8. The maximum absolute atomic E-state index is 12.5. The van der Waals surface area contributed by atoms with Gasteiger partial charge < -0.3 is 4.57 Å². The van der Waals surface area contributed by atoms with Crippen molar-refractivity contribution in [2.75, 3.05) is 30.4 Å². The molecule has 1 N–H and O–H groups in total. The Hall–Kier alpha value is -1.93. The zero-order valence-electron chi connectivity index (χ0n) is 15.7. The summed E-state index contributed by atoms with van der Waals surface area (Å²) in [6.45, 7) is 6.32. The minimum atomic E-state index is -2.97. The van der Waals surface area contributed by atoms with Crippen LogP contribution >= 0.6 is 0 Å². The molecule has 1 amide bonds. The van der Waals surface area contributed by atoms with Crippen LogP contribution < -0.4 is 5.32 Å². The van der Waals surface area contributed by atoms with E-state index in [0.717, 1.165) is 11.0 Å². The molecule has 1 saturated heterocycles. The van der Waals surface area contributed by atoms with Gasteiger partial charge in [0.25, 0.3) is 0 Å². The molecule has 142 valence electrons. The third kappa shape index (κ3) is 3.91. The van der Waals surface area contributed by atoms with Crippen molar-refractivity contribution >= 4 is 32.7 Å². The number of imidazole rings is 1. The molecule has 1 fully saturated rings. The number of carbonyl (C=O) groups is 1. The van der Waals surface area contributed by atoms with E-state index in [1.165, 1.54) is 0 Å². The molecule has 8 heteroatoms. The highest BCUT2D eigenvalue weighted by atomic mass is 32.2. The molecule has 0 unspecified atom stereocenters. The first-order chi connectivity index (χ1) is 12.1. The van der Waals surface area contributed by atoms with Crippen LogP contribution in [0.25, 0.3) is 11.0 Å². The van der Waals surface area contributed by atoms with E-state index in [1.807, 2.05) is 33.7 Å². The number of sulfone groups is 1. The highest BCUT2D eigenvalue weighted by Crippen LogP contribution is 2.28. The van der Waals surface area contributed by atoms with Gasteiger partial charge in [-0.25, -0.2) is 13.4 Å². The van der Waals surface area contributed by atoms with Crippen LogP contribution in [0.3, 0.4) is 0 Å². The largest absolute Gasteiger partial charge is 0.305 e. The van der Waals surface area contributed by atoms with Crippen LogP contribution in [0.4, 0.5) is 5.95 Å². The summed E-state index contributed by atoms with van der Waals surface area (Å²) < 4.78 is 25.3. The summed E-state index contributed by atoms with van der Waals surface area (Å²) in [7, 11) is -1.18. The van der Waals surface area contributed by atoms with E-state index >= 15 is 0 Å². The molecule has 26 heavy (non-hydrogen) atoms. The molecular weight excluding hydrogens is 352 g/mol. The summed E-state index contributed by atoms with van der Waals surface area (Å²) in [5.41, 5.74) is 1.54. The number of para-hydroxylation sites is 2. The number of nitrogens with zero attached hydrogens (tertiary/aromatic N) is 3. The molecule has 2 aromatic rings. The summed E-state index contributed by atoms with van der Waals surface area (Å²) in [5.74, 6) is 0.634. The minimum absolute atomic E-state index is 0.104. The van der Waals surface area contributed by atoms with Crippen LogP contribution in [0.2, 0.25) is 0 Å². The molecule has 1 aromatic heterocycles. The first-order valence-electron chi connectivity index (χ1n) is 8.75. The molecule has 0 aliphatic carbocycles. The van der Waals surface area contributed by atoms with Gasteiger partial charge in [-0.2, -0.15) is 0 Å². The van der Waals surface area contributed by atoms with Gasteiger partial charge in [0.15, 0.2) is 9.84 Å². The molecule has 1 aliphatic rings. The summed E-state index contributed by atoms with van der Waals surface area (Å²) in [5, 5.41) is 2.90. The van der Waals surface area contributed by atoms with E-state index in [1.54, 1.807) is 7.05 Å². The fourth-order valence-electron chi connectivity index (χ4n) is 3.43. The van der Waals surface area contributed by atoms with Crippen molar-refractivity contribution in [3.05, 3.63) is 24.3 Å². The predicted molar refractivity (Wildman–Crippen MR) is 103 cm³/mol. The second-order valence-electron chi connectivity index (χ2n) is 7.95. The van der Waals surface area contributed by atoms with Crippen LogP contribution in [-0.4, -0.2) is 59.9 Å². The van der Waals surface area contributed by atoms with Gasteiger partial charge in [-0.3, -0.25) is 15.0 Å². The number of rotatable bonds is 4. The molecule has 0 bridgehead atoms. The second-order valence-corrected chi connectivity index (χ2v) is 10.2. The lowest BCUT2D eigenvalue weighted by molar-refractivity contribution is -0.117. The second kappa shape index (κ2) is 6.66. The zero-order valence-corrected chi connectivity index (χ0v) is 16.5. The topological polar surface area (TPSA) is 84.3 Å². The van der Waals surface area contributed by atoms with Crippen molar-refractivity contribution in [2.45, 2.75) is 38.8 Å². The number of aromatic nitrogens is 2. The molecule has 0 spiro atoms. The maximum atomic E-state index is 12.5. The van der Waals surface area contributed by atoms with E-state index in [4.69, 9.17) is 0 Å². The van der Waals surface area contributed by atoms with Gasteiger partial charge in [0.05, 0.1) is 29.1 Å². The lowest BCUT2D eigenvalue weighted by Crippen LogP contribution is -2.39. The number of hydrogen-bond donors (Lipinski definition) is 1. The Balaban J connectivity index is 1.77. The third-order valence-corrected chi connectivity index (χ3v) is 6.46. The van der Waals surface area contributed by atoms with E-state index < -0.39 is 9.84 Å². The van der Waals surface area contributed by atoms with Gasteiger partial charge in [-0.05, 0) is 46.4 Å². The number of likely N-dealkylation sites (N-methyl/N-ethyl adjacent to an activating group) is 1. The van der Waals surface area contributed by atoms with Gasteiger partial charge in [0.1, 0.15) is 0 Å². The molecule has 1 aromatic carbocycles. The van der Waals surface area contributed by atoms with Crippen LogP contribution in [0.15, 0.2) is 24.3 Å². The van der Waals surface area contributed by atoms with E-state index in [-0.39, 0.29) is 35.5 Å². The van der Waals surface area contributed by atoms with Crippen molar-refractivity contribution in [3.8, 4) is 0 Å². The number of amides is 1. The van der Waals surface area contributed by atoms with Crippen LogP contribution in [0.5, 0.6) is 0 Å². The average Bonchev–Trinajstić information content (AvgIpc) is 3.05. The van der Waals surface area contributed by atoms with Gasteiger partial charge in [0.2, 0.25) is 11.9 Å². The Morgan fingerprint density at radius 2 is 2.04 bits per heavy atom. The summed E-state index contributed by atoms with van der Waals surface area (Å²) >= 11 is 0. The van der Waals surface area contributed by atoms with Gasteiger partial charge in [-0.1, -0.05) is 12.1 Å². The molecule has 3 rings (SSSR count). The van der Waals surface area contributed by atoms with Crippen molar-refractivity contribution in [1.82, 2.24) is 14.5 Å². The molecule has 1 aliphatic heterocycles. The summed E-state index contributed by atoms with van der Waals surface area (Å²) in [4.78, 5) is 18.9. The van der Waals surface area contributed by atoms with E-state index in [9.17, 15) is 13.2 Å². The molecule has 1 atom stereocenters. The van der Waals surface area contributed by atoms with Gasteiger partial charge in [0, 0.05) is 11.6 Å². The smallest absolute Gasteiger partial charge is 0.240 e. The predicted octanol–water partition coefficient (Wildman–Crippen LogP) is 1.85. The first-order valence-corrected chi connectivity index (χ1v) is 10.6. The fraction of sp³-hybridized carbons (Fsp3) is 0.556. The van der Waals surface area contributed by atoms with Gasteiger partial charge >= 0.3 is 0 Å². The number of benzene rings is 1. The van der Waals surface area contributed by atoms with Crippen LogP contribution in [-0.2, 0) is 20.2 Å². The van der Waals surface area contributed by atoms with Crippen molar-refractivity contribution in [1.29, 1.82) is 0 Å². The Labute approximate surface area is 154 Å². The zero-order chi connectivity index (χ0) is 19.1. The Morgan fingerprint density at radius 1 is 1.35 bits per heavy atom.